The van der Waals surface area contributed by atoms with E-state index >= 15 is 0 Å². The third-order valence-corrected chi connectivity index (χ3v) is 7.15. The Morgan fingerprint density at radius 2 is 1.90 bits per heavy atom. The molecule has 1 aliphatic heterocycles. The number of carbonyl (C=O) groups is 1. The number of aromatic nitrogens is 1. The van der Waals surface area contributed by atoms with Crippen molar-refractivity contribution in [1.29, 1.82) is 0 Å². The molecular formula is C21H19Cl2N3O4S. The van der Waals surface area contributed by atoms with Gasteiger partial charge in [0.1, 0.15) is 4.90 Å². The molecule has 7 nitrogen and oxygen atoms in total. The normalized spacial score (nSPS) is 16.5. The molecule has 10 heteroatoms. The van der Waals surface area contributed by atoms with Gasteiger partial charge in [-0.1, -0.05) is 28.4 Å². The number of carbonyl (C=O) groups excluding carboxylic acids is 1. The molecular weight excluding hydrogens is 461 g/mol. The molecule has 0 bridgehead atoms. The molecule has 2 aromatic carbocycles. The fraction of sp³-hybridized carbons (Fsp3) is 0.238. The Kier molecular flexibility index (Phi) is 5.96. The van der Waals surface area contributed by atoms with E-state index in [1.54, 1.807) is 17.0 Å². The highest BCUT2D eigenvalue weighted by Gasteiger charge is 2.33. The zero-order chi connectivity index (χ0) is 22.2. The van der Waals surface area contributed by atoms with Gasteiger partial charge in [0.2, 0.25) is 0 Å². The summed E-state index contributed by atoms with van der Waals surface area (Å²) in [4.78, 5) is 14.7. The number of hydrogen-bond acceptors (Lipinski definition) is 5. The van der Waals surface area contributed by atoms with Gasteiger partial charge in [-0.3, -0.25) is 9.52 Å². The highest BCUT2D eigenvalue weighted by molar-refractivity contribution is 7.92. The van der Waals surface area contributed by atoms with Crippen molar-refractivity contribution in [1.82, 2.24) is 10.1 Å². The van der Waals surface area contributed by atoms with Crippen LogP contribution in [0.1, 0.15) is 40.7 Å². The van der Waals surface area contributed by atoms with Gasteiger partial charge in [0.25, 0.3) is 15.9 Å². The van der Waals surface area contributed by atoms with Crippen LogP contribution in [0.15, 0.2) is 57.9 Å². The summed E-state index contributed by atoms with van der Waals surface area (Å²) in [5.74, 6) is 0.523. The first-order valence-electron chi connectivity index (χ1n) is 9.57. The maximum Gasteiger partial charge on any atom is 0.263 e. The lowest BCUT2D eigenvalue weighted by Crippen LogP contribution is -2.30. The predicted molar refractivity (Wildman–Crippen MR) is 118 cm³/mol. The molecule has 3 aromatic rings. The van der Waals surface area contributed by atoms with E-state index in [2.05, 4.69) is 9.88 Å². The molecule has 0 spiro atoms. The third-order valence-electron chi connectivity index (χ3n) is 5.06. The van der Waals surface area contributed by atoms with Crippen LogP contribution in [0.2, 0.25) is 10.0 Å². The van der Waals surface area contributed by atoms with Gasteiger partial charge in [-0.05, 0) is 62.2 Å². The molecule has 0 saturated carbocycles. The standard InChI is InChI=1S/C21H19Cl2N3O4S/c1-13-11-19(30-24-13)18-3-2-10-26(18)21(27)14-4-7-16(8-5-14)25-31(28,29)20-12-15(22)6-9-17(20)23/h4-9,11-12,18,25H,2-3,10H2,1H3. The number of rotatable bonds is 5. The van der Waals surface area contributed by atoms with Crippen molar-refractivity contribution in [2.45, 2.75) is 30.7 Å². The molecule has 1 atom stereocenters. The van der Waals surface area contributed by atoms with Crippen LogP contribution in [0.5, 0.6) is 0 Å². The number of benzene rings is 2. The maximum atomic E-state index is 13.0. The molecule has 1 amide bonds. The highest BCUT2D eigenvalue weighted by atomic mass is 35.5. The SMILES string of the molecule is Cc1cc(C2CCCN2C(=O)c2ccc(NS(=O)(=O)c3cc(Cl)ccc3Cl)cc2)on1. The molecule has 1 saturated heterocycles. The first-order chi connectivity index (χ1) is 14.7. The molecule has 4 rings (SSSR count). The van der Waals surface area contributed by atoms with Crippen molar-refractivity contribution in [3.8, 4) is 0 Å². The Hall–Kier alpha value is -2.55. The fourth-order valence-electron chi connectivity index (χ4n) is 3.59. The lowest BCUT2D eigenvalue weighted by Gasteiger charge is -2.22. The Bertz CT molecular complexity index is 1230. The van der Waals surface area contributed by atoms with E-state index in [1.807, 2.05) is 13.0 Å². The number of aryl methyl sites for hydroxylation is 1. The molecule has 1 unspecified atom stereocenters. The zero-order valence-electron chi connectivity index (χ0n) is 16.5. The zero-order valence-corrected chi connectivity index (χ0v) is 18.8. The summed E-state index contributed by atoms with van der Waals surface area (Å²) in [5.41, 5.74) is 1.52. The largest absolute Gasteiger partial charge is 0.359 e. The van der Waals surface area contributed by atoms with E-state index in [9.17, 15) is 13.2 Å². The van der Waals surface area contributed by atoms with Crippen molar-refractivity contribution in [2.75, 3.05) is 11.3 Å². The van der Waals surface area contributed by atoms with Crippen molar-refractivity contribution in [2.24, 2.45) is 0 Å². The molecule has 1 aliphatic rings. The average molecular weight is 480 g/mol. The summed E-state index contributed by atoms with van der Waals surface area (Å²) >= 11 is 11.9. The minimum atomic E-state index is -3.94. The Morgan fingerprint density at radius 1 is 1.16 bits per heavy atom. The number of hydrogen-bond donors (Lipinski definition) is 1. The van der Waals surface area contributed by atoms with Crippen LogP contribution >= 0.6 is 23.2 Å². The summed E-state index contributed by atoms with van der Waals surface area (Å²) in [6, 6.07) is 12.1. The second-order valence-corrected chi connectivity index (χ2v) is 9.78. The van der Waals surface area contributed by atoms with Crippen molar-refractivity contribution >= 4 is 44.8 Å². The summed E-state index contributed by atoms with van der Waals surface area (Å²) in [5, 5.41) is 4.23. The second-order valence-electron chi connectivity index (χ2n) is 7.28. The Morgan fingerprint density at radius 3 is 2.58 bits per heavy atom. The van der Waals surface area contributed by atoms with Crippen LogP contribution in [0, 0.1) is 6.92 Å². The van der Waals surface area contributed by atoms with Crippen LogP contribution < -0.4 is 4.72 Å². The third kappa shape index (κ3) is 4.56. The minimum absolute atomic E-state index is 0.0615. The summed E-state index contributed by atoms with van der Waals surface area (Å²) < 4.78 is 33.1. The Balaban J connectivity index is 1.51. The monoisotopic (exact) mass is 479 g/mol. The quantitative estimate of drug-likeness (QED) is 0.551. The lowest BCUT2D eigenvalue weighted by molar-refractivity contribution is 0.0714. The molecule has 0 aliphatic carbocycles. The molecule has 162 valence electrons. The van der Waals surface area contributed by atoms with E-state index in [-0.39, 0.29) is 26.9 Å². The number of nitrogens with one attached hydrogen (secondary N) is 1. The molecule has 31 heavy (non-hydrogen) atoms. The summed E-state index contributed by atoms with van der Waals surface area (Å²) in [6.07, 6.45) is 1.67. The van der Waals surface area contributed by atoms with E-state index in [1.165, 1.54) is 30.3 Å². The van der Waals surface area contributed by atoms with Crippen molar-refractivity contribution in [3.05, 3.63) is 75.6 Å². The highest BCUT2D eigenvalue weighted by Crippen LogP contribution is 2.34. The first-order valence-corrected chi connectivity index (χ1v) is 11.8. The van der Waals surface area contributed by atoms with Gasteiger partial charge in [0.05, 0.1) is 16.8 Å². The van der Waals surface area contributed by atoms with Gasteiger partial charge < -0.3 is 9.42 Å². The smallest absolute Gasteiger partial charge is 0.263 e. The van der Waals surface area contributed by atoms with E-state index < -0.39 is 10.0 Å². The summed E-state index contributed by atoms with van der Waals surface area (Å²) in [6.45, 7) is 2.45. The van der Waals surface area contributed by atoms with Gasteiger partial charge in [-0.2, -0.15) is 0 Å². The van der Waals surface area contributed by atoms with Crippen LogP contribution in [0.4, 0.5) is 5.69 Å². The topological polar surface area (TPSA) is 92.5 Å². The molecule has 2 heterocycles. The number of nitrogens with zero attached hydrogens (tertiary/aromatic N) is 2. The molecule has 1 aromatic heterocycles. The van der Waals surface area contributed by atoms with E-state index in [4.69, 9.17) is 27.7 Å². The fourth-order valence-corrected chi connectivity index (χ4v) is 5.41. The van der Waals surface area contributed by atoms with Crippen LogP contribution in [-0.2, 0) is 10.0 Å². The van der Waals surface area contributed by atoms with Gasteiger partial charge in [-0.25, -0.2) is 8.42 Å². The minimum Gasteiger partial charge on any atom is -0.359 e. The number of anilines is 1. The maximum absolute atomic E-state index is 13.0. The number of amides is 1. The number of halogens is 2. The first kappa shape index (κ1) is 21.7. The van der Waals surface area contributed by atoms with Crippen molar-refractivity contribution in [3.63, 3.8) is 0 Å². The average Bonchev–Trinajstić information content (AvgIpc) is 3.38. The van der Waals surface area contributed by atoms with Crippen LogP contribution in [-0.4, -0.2) is 30.9 Å². The van der Waals surface area contributed by atoms with Crippen molar-refractivity contribution < 1.29 is 17.7 Å². The van der Waals surface area contributed by atoms with E-state index in [0.29, 0.717) is 23.6 Å². The summed E-state index contributed by atoms with van der Waals surface area (Å²) in [7, 11) is -3.94. The van der Waals surface area contributed by atoms with Gasteiger partial charge in [0, 0.05) is 28.9 Å². The Labute approximate surface area is 190 Å². The molecule has 0 radical (unpaired) electrons. The predicted octanol–water partition coefficient (Wildman–Crippen LogP) is 5.07. The van der Waals surface area contributed by atoms with E-state index in [0.717, 1.165) is 18.5 Å². The van der Waals surface area contributed by atoms with Gasteiger partial charge in [0.15, 0.2) is 5.76 Å². The second kappa shape index (κ2) is 8.53. The molecule has 1 fully saturated rings. The van der Waals surface area contributed by atoms with Gasteiger partial charge in [-0.15, -0.1) is 0 Å². The number of sulfonamides is 1. The molecule has 1 N–H and O–H groups in total. The van der Waals surface area contributed by atoms with Gasteiger partial charge >= 0.3 is 0 Å². The van der Waals surface area contributed by atoms with Crippen LogP contribution in [0.25, 0.3) is 0 Å². The number of likely N-dealkylation sites (tertiary alicyclic amines) is 1. The van der Waals surface area contributed by atoms with Crippen LogP contribution in [0.3, 0.4) is 0 Å². The lowest BCUT2D eigenvalue weighted by atomic mass is 10.1.